The predicted molar refractivity (Wildman–Crippen MR) is 92.9 cm³/mol. The van der Waals surface area contributed by atoms with E-state index < -0.39 is 5.91 Å². The third kappa shape index (κ3) is 4.10. The lowest BCUT2D eigenvalue weighted by atomic mass is 10.1. The lowest BCUT2D eigenvalue weighted by Gasteiger charge is -2.22. The Morgan fingerprint density at radius 3 is 2.76 bits per heavy atom. The molecule has 0 bridgehead atoms. The first kappa shape index (κ1) is 17.3. The summed E-state index contributed by atoms with van der Waals surface area (Å²) < 4.78 is 11.2. The van der Waals surface area contributed by atoms with Gasteiger partial charge in [-0.2, -0.15) is 0 Å². The maximum Gasteiger partial charge on any atom is 0.274 e. The van der Waals surface area contributed by atoms with E-state index in [1.54, 1.807) is 24.7 Å². The van der Waals surface area contributed by atoms with Crippen LogP contribution in [0.25, 0.3) is 0 Å². The van der Waals surface area contributed by atoms with Gasteiger partial charge in [-0.25, -0.2) is 5.48 Å². The average Bonchev–Trinajstić information content (AvgIpc) is 2.78. The van der Waals surface area contributed by atoms with Gasteiger partial charge in [0, 0.05) is 30.8 Å². The highest BCUT2D eigenvalue weighted by molar-refractivity contribution is 5.93. The van der Waals surface area contributed by atoms with Gasteiger partial charge >= 0.3 is 0 Å². The quantitative estimate of drug-likeness (QED) is 0.660. The highest BCUT2D eigenvalue weighted by Crippen LogP contribution is 2.27. The van der Waals surface area contributed by atoms with Gasteiger partial charge in [0.2, 0.25) is 0 Å². The Labute approximate surface area is 146 Å². The Hall–Kier alpha value is -2.57. The van der Waals surface area contributed by atoms with Crippen LogP contribution < -0.4 is 15.0 Å². The number of fused-ring (bicyclic) bond motifs is 1. The third-order valence-corrected chi connectivity index (χ3v) is 4.23. The van der Waals surface area contributed by atoms with E-state index in [1.165, 1.54) is 5.56 Å². The first-order valence-electron chi connectivity index (χ1n) is 8.18. The predicted octanol–water partition coefficient (Wildman–Crippen LogP) is 2.60. The second kappa shape index (κ2) is 7.55. The van der Waals surface area contributed by atoms with Crippen molar-refractivity contribution in [3.8, 4) is 11.5 Å². The third-order valence-electron chi connectivity index (χ3n) is 4.23. The minimum atomic E-state index is -0.543. The molecule has 0 aliphatic carbocycles. The Kier molecular flexibility index (Phi) is 5.21. The molecule has 0 radical (unpaired) electrons. The number of nitrogens with zero attached hydrogens (tertiary/aromatic N) is 1. The second-order valence-electron chi connectivity index (χ2n) is 6.21. The number of rotatable bonds is 4. The summed E-state index contributed by atoms with van der Waals surface area (Å²) in [7, 11) is 1.66. The van der Waals surface area contributed by atoms with Crippen LogP contribution in [0.1, 0.15) is 28.4 Å². The van der Waals surface area contributed by atoms with Crippen molar-refractivity contribution in [3.63, 3.8) is 0 Å². The normalized spacial score (nSPS) is 17.2. The van der Waals surface area contributed by atoms with Crippen molar-refractivity contribution >= 4 is 5.91 Å². The largest absolute Gasteiger partial charge is 0.497 e. The van der Waals surface area contributed by atoms with Crippen LogP contribution in [0.2, 0.25) is 0 Å². The monoisotopic (exact) mass is 342 g/mol. The summed E-state index contributed by atoms with van der Waals surface area (Å²) in [6.45, 7) is 4.32. The Morgan fingerprint density at radius 2 is 2.08 bits per heavy atom. The van der Waals surface area contributed by atoms with Gasteiger partial charge in [-0.15, -0.1) is 0 Å². The fourth-order valence-corrected chi connectivity index (χ4v) is 3.03. The highest BCUT2D eigenvalue weighted by Gasteiger charge is 2.21. The number of ether oxygens (including phenoxy) is 2. The first-order valence-corrected chi connectivity index (χ1v) is 8.18. The maximum atomic E-state index is 11.6. The van der Waals surface area contributed by atoms with Crippen LogP contribution in [0.3, 0.4) is 0 Å². The number of hydroxylamine groups is 1. The number of nitrogens with one attached hydrogen (secondary N) is 1. The van der Waals surface area contributed by atoms with Crippen molar-refractivity contribution < 1.29 is 19.5 Å². The fourth-order valence-electron chi connectivity index (χ4n) is 3.03. The van der Waals surface area contributed by atoms with E-state index in [-0.39, 0.29) is 6.10 Å². The molecule has 0 saturated heterocycles. The molecule has 2 N–H and O–H groups in total. The number of hydrogen-bond acceptors (Lipinski definition) is 5. The second-order valence-corrected chi connectivity index (χ2v) is 6.21. The molecule has 1 heterocycles. The molecule has 0 fully saturated rings. The summed E-state index contributed by atoms with van der Waals surface area (Å²) in [6.07, 6.45) is -0.00747. The van der Waals surface area contributed by atoms with E-state index in [2.05, 4.69) is 17.0 Å². The van der Waals surface area contributed by atoms with Gasteiger partial charge in [0.1, 0.15) is 17.6 Å². The van der Waals surface area contributed by atoms with Crippen molar-refractivity contribution in [3.05, 3.63) is 59.2 Å². The van der Waals surface area contributed by atoms with Crippen LogP contribution in [0.4, 0.5) is 0 Å². The minimum absolute atomic E-state index is 0.00747. The number of carbonyl (C=O) groups excluding carboxylic acids is 1. The number of amides is 1. The standard InChI is InChI=1S/C19H22N2O4/c1-13-10-21(11-14-3-7-17(24-2)8-4-14)12-16-6-5-15(19(22)20-23)9-18(16)25-13/h3-9,13,23H,10-12H2,1-2H3,(H,20,22)/t13-/m1/s1. The average molecular weight is 342 g/mol. The maximum absolute atomic E-state index is 11.6. The minimum Gasteiger partial charge on any atom is -0.497 e. The molecule has 1 aliphatic heterocycles. The molecule has 1 amide bonds. The molecule has 25 heavy (non-hydrogen) atoms. The van der Waals surface area contributed by atoms with Crippen molar-refractivity contribution in [1.29, 1.82) is 0 Å². The molecule has 132 valence electrons. The van der Waals surface area contributed by atoms with E-state index in [1.807, 2.05) is 25.1 Å². The molecule has 0 saturated carbocycles. The molecule has 6 heteroatoms. The molecule has 1 aliphatic rings. The van der Waals surface area contributed by atoms with E-state index in [9.17, 15) is 4.79 Å². The molecular weight excluding hydrogens is 320 g/mol. The van der Waals surface area contributed by atoms with Gasteiger partial charge in [0.25, 0.3) is 5.91 Å². The molecule has 0 spiro atoms. The van der Waals surface area contributed by atoms with Gasteiger partial charge in [-0.1, -0.05) is 18.2 Å². The van der Waals surface area contributed by atoms with Gasteiger partial charge in [0.05, 0.1) is 7.11 Å². The molecule has 2 aromatic rings. The SMILES string of the molecule is COc1ccc(CN2Cc3ccc(C(=O)NO)cc3O[C@H](C)C2)cc1. The highest BCUT2D eigenvalue weighted by atomic mass is 16.5. The summed E-state index contributed by atoms with van der Waals surface area (Å²) in [5.74, 6) is 0.987. The molecule has 3 rings (SSSR count). The van der Waals surface area contributed by atoms with E-state index >= 15 is 0 Å². The first-order chi connectivity index (χ1) is 12.1. The van der Waals surface area contributed by atoms with Crippen molar-refractivity contribution in [2.75, 3.05) is 13.7 Å². The van der Waals surface area contributed by atoms with Gasteiger partial charge in [-0.3, -0.25) is 14.9 Å². The zero-order chi connectivity index (χ0) is 17.8. The molecule has 6 nitrogen and oxygen atoms in total. The van der Waals surface area contributed by atoms with Crippen LogP contribution in [0.15, 0.2) is 42.5 Å². The summed E-state index contributed by atoms with van der Waals surface area (Å²) >= 11 is 0. The van der Waals surface area contributed by atoms with E-state index in [0.717, 1.165) is 30.9 Å². The summed E-state index contributed by atoms with van der Waals surface area (Å²) in [6, 6.07) is 13.3. The van der Waals surface area contributed by atoms with Crippen LogP contribution >= 0.6 is 0 Å². The molecule has 0 aromatic heterocycles. The zero-order valence-electron chi connectivity index (χ0n) is 14.4. The number of hydrogen-bond donors (Lipinski definition) is 2. The molecule has 0 unspecified atom stereocenters. The van der Waals surface area contributed by atoms with Crippen LogP contribution in [0.5, 0.6) is 11.5 Å². The Bertz CT molecular complexity index is 746. The molecular formula is C19H22N2O4. The molecule has 2 aromatic carbocycles. The van der Waals surface area contributed by atoms with E-state index in [4.69, 9.17) is 14.7 Å². The van der Waals surface area contributed by atoms with Gasteiger partial charge in [-0.05, 0) is 36.8 Å². The number of methoxy groups -OCH3 is 1. The van der Waals surface area contributed by atoms with Crippen LogP contribution in [-0.4, -0.2) is 35.8 Å². The molecule has 1 atom stereocenters. The smallest absolute Gasteiger partial charge is 0.274 e. The summed E-state index contributed by atoms with van der Waals surface area (Å²) in [5, 5.41) is 8.79. The van der Waals surface area contributed by atoms with Gasteiger partial charge < -0.3 is 9.47 Å². The number of benzene rings is 2. The summed E-state index contributed by atoms with van der Waals surface area (Å²) in [5.41, 5.74) is 4.25. The Morgan fingerprint density at radius 1 is 1.32 bits per heavy atom. The number of carbonyl (C=O) groups is 1. The van der Waals surface area contributed by atoms with Gasteiger partial charge in [0.15, 0.2) is 0 Å². The zero-order valence-corrected chi connectivity index (χ0v) is 14.4. The Balaban J connectivity index is 1.78. The van der Waals surface area contributed by atoms with Crippen molar-refractivity contribution in [2.45, 2.75) is 26.1 Å². The van der Waals surface area contributed by atoms with Crippen LogP contribution in [0, 0.1) is 0 Å². The lowest BCUT2D eigenvalue weighted by molar-refractivity contribution is 0.0705. The fraction of sp³-hybridized carbons (Fsp3) is 0.316. The summed E-state index contributed by atoms with van der Waals surface area (Å²) in [4.78, 5) is 13.9. The lowest BCUT2D eigenvalue weighted by Crippen LogP contribution is -2.30. The van der Waals surface area contributed by atoms with Crippen molar-refractivity contribution in [2.24, 2.45) is 0 Å². The topological polar surface area (TPSA) is 71.0 Å². The van der Waals surface area contributed by atoms with Crippen LogP contribution in [-0.2, 0) is 13.1 Å². The van der Waals surface area contributed by atoms with E-state index in [0.29, 0.717) is 11.3 Å². The van der Waals surface area contributed by atoms with Crippen molar-refractivity contribution in [1.82, 2.24) is 10.4 Å².